The molecule has 0 spiro atoms. The molecule has 40 heavy (non-hydrogen) atoms. The van der Waals surface area contributed by atoms with Gasteiger partial charge in [0.15, 0.2) is 0 Å². The van der Waals surface area contributed by atoms with Gasteiger partial charge in [-0.05, 0) is 73.8 Å². The van der Waals surface area contributed by atoms with Gasteiger partial charge in [-0.25, -0.2) is 0 Å². The van der Waals surface area contributed by atoms with Crippen LogP contribution in [0.2, 0.25) is 0 Å². The maximum Gasteiger partial charge on any atom is 0.310 e. The van der Waals surface area contributed by atoms with Crippen molar-refractivity contribution in [1.82, 2.24) is 9.69 Å². The van der Waals surface area contributed by atoms with Gasteiger partial charge in [0, 0.05) is 31.5 Å². The van der Waals surface area contributed by atoms with Crippen LogP contribution >= 0.6 is 11.5 Å². The van der Waals surface area contributed by atoms with Crippen LogP contribution in [0.3, 0.4) is 0 Å². The molecule has 1 aromatic heterocycles. The van der Waals surface area contributed by atoms with Gasteiger partial charge in [-0.3, -0.25) is 9.59 Å². The zero-order valence-electron chi connectivity index (χ0n) is 25.3. The molecule has 7 nitrogen and oxygen atoms in total. The Morgan fingerprint density at radius 1 is 1.07 bits per heavy atom. The Morgan fingerprint density at radius 3 is 2.48 bits per heavy atom. The summed E-state index contributed by atoms with van der Waals surface area (Å²) in [6.07, 6.45) is 12.3. The number of unbranched alkanes of at least 4 members (excludes halogenated alkanes) is 5. The van der Waals surface area contributed by atoms with Gasteiger partial charge >= 0.3 is 11.9 Å². The molecule has 1 atom stereocenters. The predicted molar refractivity (Wildman–Crippen MR) is 165 cm³/mol. The molecule has 2 aromatic rings. The van der Waals surface area contributed by atoms with E-state index >= 15 is 0 Å². The van der Waals surface area contributed by atoms with E-state index in [1.165, 1.54) is 50.2 Å². The van der Waals surface area contributed by atoms with E-state index in [0.717, 1.165) is 45.0 Å². The zero-order valence-corrected chi connectivity index (χ0v) is 26.1. The number of aryl methyl sites for hydroxylation is 1. The molecule has 0 aliphatic rings. The number of esters is 2. The van der Waals surface area contributed by atoms with Gasteiger partial charge in [0.1, 0.15) is 11.9 Å². The summed E-state index contributed by atoms with van der Waals surface area (Å²) < 4.78 is 15.8. The maximum absolute atomic E-state index is 12.7. The summed E-state index contributed by atoms with van der Waals surface area (Å²) >= 11 is 1.54. The van der Waals surface area contributed by atoms with Crippen LogP contribution in [0.25, 0.3) is 5.57 Å². The average molecular weight is 575 g/mol. The van der Waals surface area contributed by atoms with Gasteiger partial charge in [0.05, 0.1) is 12.1 Å². The number of rotatable bonds is 18. The number of nitrogens with zero attached hydrogens (tertiary/aromatic N) is 1. The smallest absolute Gasteiger partial charge is 0.310 e. The summed E-state index contributed by atoms with van der Waals surface area (Å²) in [4.78, 5) is 24.1. The van der Waals surface area contributed by atoms with Crippen LogP contribution in [-0.2, 0) is 27.2 Å². The second-order valence-electron chi connectivity index (χ2n) is 10.2. The number of aliphatic hydroxyl groups is 1. The quantitative estimate of drug-likeness (QED) is 0.115. The average Bonchev–Trinajstić information content (AvgIpc) is 3.40. The molecule has 2 rings (SSSR count). The van der Waals surface area contributed by atoms with Crippen molar-refractivity contribution in [1.29, 1.82) is 0 Å². The van der Waals surface area contributed by atoms with Crippen LogP contribution < -0.4 is 10.1 Å². The molecular formula is C32H50N2O5S. The van der Waals surface area contributed by atoms with E-state index in [4.69, 9.17) is 19.0 Å². The standard InChI is InChI=1S/C31H46N2O4S.CH4O/c1-6-7-8-9-10-17-27-22-38-33-31(27)26(21-32-5)16-12-13-18-28(23(2)3)37-30(35)20-25-15-11-14-19-29(25)36-24(4)34;1-2/h11,14-16,19,22-23,28,32H,6-10,12-13,17-18,20-21H2,1-5H3;2H,1H3/b26-16+;. The number of ether oxygens (including phenoxy) is 2. The number of hydrogen-bond donors (Lipinski definition) is 2. The number of carbonyl (C=O) groups excluding carboxylic acids is 2. The maximum atomic E-state index is 12.7. The first-order valence-electron chi connectivity index (χ1n) is 14.5. The van der Waals surface area contributed by atoms with Gasteiger partial charge in [-0.15, -0.1) is 0 Å². The van der Waals surface area contributed by atoms with E-state index in [-0.39, 0.29) is 24.4 Å². The highest BCUT2D eigenvalue weighted by atomic mass is 32.1. The van der Waals surface area contributed by atoms with Crippen LogP contribution in [-0.4, -0.2) is 48.2 Å². The first kappa shape index (κ1) is 35.5. The Bertz CT molecular complexity index is 1020. The normalized spacial score (nSPS) is 12.1. The van der Waals surface area contributed by atoms with Crippen molar-refractivity contribution < 1.29 is 24.2 Å². The van der Waals surface area contributed by atoms with Gasteiger partial charge in [0.25, 0.3) is 0 Å². The summed E-state index contributed by atoms with van der Waals surface area (Å²) in [7, 11) is 2.97. The number of nitrogens with one attached hydrogen (secondary N) is 1. The summed E-state index contributed by atoms with van der Waals surface area (Å²) in [6, 6.07) is 7.09. The van der Waals surface area contributed by atoms with Crippen molar-refractivity contribution in [3.63, 3.8) is 0 Å². The molecule has 1 unspecified atom stereocenters. The highest BCUT2D eigenvalue weighted by Crippen LogP contribution is 2.24. The van der Waals surface area contributed by atoms with E-state index < -0.39 is 5.97 Å². The lowest BCUT2D eigenvalue weighted by Gasteiger charge is -2.21. The Kier molecular flexibility index (Phi) is 18.8. The Hall–Kier alpha value is -2.55. The molecule has 2 N–H and O–H groups in total. The van der Waals surface area contributed by atoms with Crippen LogP contribution in [0.15, 0.2) is 35.7 Å². The summed E-state index contributed by atoms with van der Waals surface area (Å²) in [5, 5.41) is 12.5. The van der Waals surface area contributed by atoms with Gasteiger partial charge < -0.3 is 19.9 Å². The van der Waals surface area contributed by atoms with E-state index in [9.17, 15) is 9.59 Å². The lowest BCUT2D eigenvalue weighted by Crippen LogP contribution is -2.25. The molecule has 0 saturated heterocycles. The lowest BCUT2D eigenvalue weighted by molar-refractivity contribution is -0.151. The lowest BCUT2D eigenvalue weighted by atomic mass is 9.98. The highest BCUT2D eigenvalue weighted by molar-refractivity contribution is 7.03. The highest BCUT2D eigenvalue weighted by Gasteiger charge is 2.20. The number of aromatic nitrogens is 1. The van der Waals surface area contributed by atoms with Gasteiger partial charge in [-0.2, -0.15) is 4.37 Å². The molecular weight excluding hydrogens is 524 g/mol. The molecule has 0 bridgehead atoms. The molecule has 0 amide bonds. The van der Waals surface area contributed by atoms with Crippen molar-refractivity contribution in [3.05, 3.63) is 52.5 Å². The molecule has 0 aliphatic heterocycles. The van der Waals surface area contributed by atoms with Crippen LogP contribution in [0.4, 0.5) is 0 Å². The third kappa shape index (κ3) is 13.7. The van der Waals surface area contributed by atoms with Gasteiger partial charge in [0.2, 0.25) is 0 Å². The van der Waals surface area contributed by atoms with Crippen LogP contribution in [0, 0.1) is 5.92 Å². The zero-order chi connectivity index (χ0) is 29.8. The predicted octanol–water partition coefficient (Wildman–Crippen LogP) is 6.77. The second kappa shape index (κ2) is 21.2. The van der Waals surface area contributed by atoms with E-state index in [1.54, 1.807) is 29.7 Å². The van der Waals surface area contributed by atoms with Crippen molar-refractivity contribution >= 4 is 29.0 Å². The first-order chi connectivity index (χ1) is 19.3. The van der Waals surface area contributed by atoms with Crippen LogP contribution in [0.5, 0.6) is 5.75 Å². The fourth-order valence-corrected chi connectivity index (χ4v) is 5.20. The number of aliphatic hydroxyl groups excluding tert-OH is 1. The summed E-state index contributed by atoms with van der Waals surface area (Å²) in [6.45, 7) is 8.54. The molecule has 224 valence electrons. The number of likely N-dealkylation sites (N-methyl/N-ethyl adjacent to an activating group) is 1. The van der Waals surface area contributed by atoms with E-state index in [0.29, 0.717) is 11.3 Å². The summed E-state index contributed by atoms with van der Waals surface area (Å²) in [5.41, 5.74) is 4.39. The van der Waals surface area contributed by atoms with Crippen molar-refractivity contribution in [3.8, 4) is 5.75 Å². The fraction of sp³-hybridized carbons (Fsp3) is 0.594. The second-order valence-corrected chi connectivity index (χ2v) is 10.8. The minimum Gasteiger partial charge on any atom is -0.462 e. The minimum atomic E-state index is -0.409. The van der Waals surface area contributed by atoms with E-state index in [2.05, 4.69) is 37.5 Å². The number of carbonyl (C=O) groups is 2. The molecule has 8 heteroatoms. The minimum absolute atomic E-state index is 0.0734. The number of benzene rings is 1. The van der Waals surface area contributed by atoms with Crippen LogP contribution in [0.1, 0.15) is 95.9 Å². The van der Waals surface area contributed by atoms with Crippen molar-refractivity contribution in [2.75, 3.05) is 20.7 Å². The van der Waals surface area contributed by atoms with Crippen molar-refractivity contribution in [2.24, 2.45) is 5.92 Å². The summed E-state index contributed by atoms with van der Waals surface area (Å²) in [5.74, 6) is -0.0991. The Balaban J connectivity index is 0.00000391. The number of hydrogen-bond acceptors (Lipinski definition) is 8. The van der Waals surface area contributed by atoms with Crippen molar-refractivity contribution in [2.45, 2.75) is 98.0 Å². The SMILES string of the molecule is CCCCCCCc1csnc1/C(=C/CCCC(OC(=O)Cc1ccccc1OC(C)=O)C(C)C)CNC.CO. The molecule has 0 aliphatic carbocycles. The Morgan fingerprint density at radius 2 is 1.80 bits per heavy atom. The topological polar surface area (TPSA) is 97.8 Å². The van der Waals surface area contributed by atoms with Gasteiger partial charge in [-0.1, -0.05) is 70.7 Å². The number of allylic oxidation sites excluding steroid dienone is 1. The third-order valence-electron chi connectivity index (χ3n) is 6.54. The fourth-order valence-electron chi connectivity index (χ4n) is 4.46. The molecule has 0 saturated carbocycles. The third-order valence-corrected chi connectivity index (χ3v) is 7.21. The molecule has 0 fully saturated rings. The molecule has 0 radical (unpaired) electrons. The monoisotopic (exact) mass is 574 g/mol. The molecule has 1 heterocycles. The molecule has 1 aromatic carbocycles. The first-order valence-corrected chi connectivity index (χ1v) is 15.4. The number of para-hydroxylation sites is 1. The Labute approximate surface area is 245 Å². The van der Waals surface area contributed by atoms with E-state index in [1.807, 2.05) is 13.1 Å². The largest absolute Gasteiger partial charge is 0.462 e.